The van der Waals surface area contributed by atoms with E-state index in [0.29, 0.717) is 11.4 Å². The molecule has 1 fully saturated rings. The molecule has 1 atom stereocenters. The summed E-state index contributed by atoms with van der Waals surface area (Å²) < 4.78 is 5.11. The van der Waals surface area contributed by atoms with Crippen LogP contribution in [0.15, 0.2) is 67.0 Å². The van der Waals surface area contributed by atoms with Crippen molar-refractivity contribution >= 4 is 58.3 Å². The molecule has 2 aromatic carbocycles. The molecule has 2 heterocycles. The number of hydrazine groups is 1. The normalized spacial score (nSPS) is 15.5. The molecule has 184 valence electrons. The van der Waals surface area contributed by atoms with Crippen LogP contribution in [0.5, 0.6) is 5.75 Å². The van der Waals surface area contributed by atoms with E-state index in [1.165, 1.54) is 49.8 Å². The van der Waals surface area contributed by atoms with Gasteiger partial charge in [0.1, 0.15) is 11.8 Å². The predicted molar refractivity (Wildman–Crippen MR) is 133 cm³/mol. The first kappa shape index (κ1) is 25.0. The Balaban J connectivity index is 1.65. The SMILES string of the molecule is COc1ccc(NC(=O)[C@@H]2CC(=O)N(c3ccc(Cl)c(Cl)c3)C(=O)N2NC(=O)c2ccncc2)cc1. The zero-order chi connectivity index (χ0) is 25.8. The average molecular weight is 528 g/mol. The smallest absolute Gasteiger partial charge is 0.350 e. The van der Waals surface area contributed by atoms with E-state index < -0.39 is 36.2 Å². The van der Waals surface area contributed by atoms with Crippen molar-refractivity contribution in [1.29, 1.82) is 0 Å². The average Bonchev–Trinajstić information content (AvgIpc) is 2.88. The zero-order valence-electron chi connectivity index (χ0n) is 18.8. The number of hydrogen-bond donors (Lipinski definition) is 2. The lowest BCUT2D eigenvalue weighted by molar-refractivity contribution is -0.128. The van der Waals surface area contributed by atoms with Crippen LogP contribution >= 0.6 is 23.2 Å². The summed E-state index contributed by atoms with van der Waals surface area (Å²) in [6.45, 7) is 0. The molecule has 0 spiro atoms. The second-order valence-electron chi connectivity index (χ2n) is 7.59. The molecule has 10 nitrogen and oxygen atoms in total. The number of carbonyl (C=O) groups is 4. The van der Waals surface area contributed by atoms with Gasteiger partial charge in [-0.05, 0) is 54.6 Å². The molecule has 4 rings (SSSR count). The maximum Gasteiger partial charge on any atom is 0.350 e. The molecule has 5 amide bonds. The summed E-state index contributed by atoms with van der Waals surface area (Å²) in [7, 11) is 1.51. The van der Waals surface area contributed by atoms with Crippen LogP contribution in [0.25, 0.3) is 0 Å². The van der Waals surface area contributed by atoms with Crippen LogP contribution in [0.2, 0.25) is 10.0 Å². The van der Waals surface area contributed by atoms with Crippen LogP contribution in [0.4, 0.5) is 16.2 Å². The number of carbonyl (C=O) groups excluding carboxylic acids is 4. The largest absolute Gasteiger partial charge is 0.497 e. The van der Waals surface area contributed by atoms with Gasteiger partial charge in [0.15, 0.2) is 0 Å². The van der Waals surface area contributed by atoms with Gasteiger partial charge in [-0.1, -0.05) is 23.2 Å². The van der Waals surface area contributed by atoms with Crippen LogP contribution in [0, 0.1) is 0 Å². The van der Waals surface area contributed by atoms with Crippen molar-refractivity contribution < 1.29 is 23.9 Å². The molecular formula is C24H19Cl2N5O5. The quantitative estimate of drug-likeness (QED) is 0.501. The number of nitrogens with zero attached hydrogens (tertiary/aromatic N) is 3. The first-order valence-electron chi connectivity index (χ1n) is 10.6. The maximum absolute atomic E-state index is 13.5. The predicted octanol–water partition coefficient (Wildman–Crippen LogP) is 3.91. The van der Waals surface area contributed by atoms with Crippen molar-refractivity contribution in [3.63, 3.8) is 0 Å². The minimum absolute atomic E-state index is 0.126. The minimum atomic E-state index is -1.34. The Labute approximate surface area is 215 Å². The van der Waals surface area contributed by atoms with E-state index in [-0.39, 0.29) is 21.3 Å². The van der Waals surface area contributed by atoms with Crippen molar-refractivity contribution in [2.24, 2.45) is 0 Å². The van der Waals surface area contributed by atoms with E-state index in [2.05, 4.69) is 15.7 Å². The summed E-state index contributed by atoms with van der Waals surface area (Å²) in [5.41, 5.74) is 3.19. The van der Waals surface area contributed by atoms with Gasteiger partial charge in [-0.3, -0.25) is 24.8 Å². The van der Waals surface area contributed by atoms with Crippen molar-refractivity contribution in [3.8, 4) is 5.75 Å². The van der Waals surface area contributed by atoms with Crippen LogP contribution in [0.3, 0.4) is 0 Å². The van der Waals surface area contributed by atoms with E-state index >= 15 is 0 Å². The number of nitrogens with one attached hydrogen (secondary N) is 2. The standard InChI is InChI=1S/C24H19Cl2N5O5/c1-36-17-5-2-15(3-6-17)28-23(34)20-13-21(32)30(16-4-7-18(25)19(26)12-16)24(35)31(20)29-22(33)14-8-10-27-11-9-14/h2-12,20H,13H2,1H3,(H,28,34)(H,29,33)/t20-/m0/s1. The number of rotatable bonds is 6. The lowest BCUT2D eigenvalue weighted by Crippen LogP contribution is -2.65. The molecule has 0 saturated carbocycles. The molecule has 2 N–H and O–H groups in total. The highest BCUT2D eigenvalue weighted by atomic mass is 35.5. The second-order valence-corrected chi connectivity index (χ2v) is 8.41. The number of urea groups is 1. The van der Waals surface area contributed by atoms with Gasteiger partial charge < -0.3 is 10.1 Å². The number of benzene rings is 2. The summed E-state index contributed by atoms with van der Waals surface area (Å²) in [5.74, 6) is -1.43. The van der Waals surface area contributed by atoms with E-state index in [1.54, 1.807) is 24.3 Å². The van der Waals surface area contributed by atoms with Gasteiger partial charge in [-0.15, -0.1) is 0 Å². The van der Waals surface area contributed by atoms with Gasteiger partial charge in [0.25, 0.3) is 5.91 Å². The highest BCUT2D eigenvalue weighted by molar-refractivity contribution is 6.42. The number of hydrogen-bond acceptors (Lipinski definition) is 6. The van der Waals surface area contributed by atoms with Crippen molar-refractivity contribution in [2.45, 2.75) is 12.5 Å². The fourth-order valence-corrected chi connectivity index (χ4v) is 3.78. The Hall–Kier alpha value is -4.15. The molecular weight excluding hydrogens is 509 g/mol. The van der Waals surface area contributed by atoms with Gasteiger partial charge in [0.05, 0.1) is 29.3 Å². The number of amides is 5. The molecule has 0 unspecified atom stereocenters. The Bertz CT molecular complexity index is 1320. The highest BCUT2D eigenvalue weighted by Crippen LogP contribution is 2.30. The Morgan fingerprint density at radius 3 is 2.33 bits per heavy atom. The number of methoxy groups -OCH3 is 1. The summed E-state index contributed by atoms with van der Waals surface area (Å²) in [4.78, 5) is 57.2. The molecule has 0 radical (unpaired) electrons. The van der Waals surface area contributed by atoms with E-state index in [4.69, 9.17) is 27.9 Å². The van der Waals surface area contributed by atoms with Crippen LogP contribution in [0.1, 0.15) is 16.8 Å². The maximum atomic E-state index is 13.5. The summed E-state index contributed by atoms with van der Waals surface area (Å²) in [6, 6.07) is 11.3. The highest BCUT2D eigenvalue weighted by Gasteiger charge is 2.44. The van der Waals surface area contributed by atoms with Crippen molar-refractivity contribution in [3.05, 3.63) is 82.6 Å². The molecule has 12 heteroatoms. The van der Waals surface area contributed by atoms with Crippen LogP contribution in [-0.2, 0) is 9.59 Å². The van der Waals surface area contributed by atoms with Gasteiger partial charge in [-0.25, -0.2) is 14.7 Å². The van der Waals surface area contributed by atoms with Crippen LogP contribution in [-0.4, -0.2) is 46.9 Å². The molecule has 1 saturated heterocycles. The van der Waals surface area contributed by atoms with Gasteiger partial charge in [0.2, 0.25) is 11.8 Å². The molecule has 3 aromatic rings. The molecule has 0 aliphatic carbocycles. The molecule has 1 aliphatic heterocycles. The summed E-state index contributed by atoms with van der Waals surface area (Å²) in [6.07, 6.45) is 2.41. The Kier molecular flexibility index (Phi) is 7.37. The topological polar surface area (TPSA) is 121 Å². The Morgan fingerprint density at radius 1 is 1.00 bits per heavy atom. The third-order valence-electron chi connectivity index (χ3n) is 5.31. The third kappa shape index (κ3) is 5.24. The summed E-state index contributed by atoms with van der Waals surface area (Å²) >= 11 is 12.0. The molecule has 36 heavy (non-hydrogen) atoms. The van der Waals surface area contributed by atoms with Gasteiger partial charge in [-0.2, -0.15) is 0 Å². The number of aromatic nitrogens is 1. The second kappa shape index (κ2) is 10.6. The lowest BCUT2D eigenvalue weighted by atomic mass is 10.1. The van der Waals surface area contributed by atoms with Gasteiger partial charge >= 0.3 is 6.03 Å². The lowest BCUT2D eigenvalue weighted by Gasteiger charge is -2.39. The van der Waals surface area contributed by atoms with Gasteiger partial charge in [0, 0.05) is 23.6 Å². The fraction of sp³-hybridized carbons (Fsp3) is 0.125. The number of ether oxygens (including phenoxy) is 1. The monoisotopic (exact) mass is 527 g/mol. The van der Waals surface area contributed by atoms with E-state index in [9.17, 15) is 19.2 Å². The van der Waals surface area contributed by atoms with Crippen LogP contribution < -0.4 is 20.4 Å². The van der Waals surface area contributed by atoms with Crippen molar-refractivity contribution in [2.75, 3.05) is 17.3 Å². The van der Waals surface area contributed by atoms with E-state index in [0.717, 1.165) is 9.91 Å². The molecule has 1 aliphatic rings. The number of imide groups is 1. The van der Waals surface area contributed by atoms with Crippen molar-refractivity contribution in [1.82, 2.24) is 15.4 Å². The molecule has 0 bridgehead atoms. The zero-order valence-corrected chi connectivity index (χ0v) is 20.3. The fourth-order valence-electron chi connectivity index (χ4n) is 3.49. The summed E-state index contributed by atoms with van der Waals surface area (Å²) in [5, 5.41) is 3.84. The Morgan fingerprint density at radius 2 is 1.69 bits per heavy atom. The van der Waals surface area contributed by atoms with E-state index in [1.807, 2.05) is 0 Å². The first-order valence-corrected chi connectivity index (χ1v) is 11.3. The number of pyridine rings is 1. The first-order chi connectivity index (χ1) is 17.3. The number of anilines is 2. The molecule has 1 aromatic heterocycles. The third-order valence-corrected chi connectivity index (χ3v) is 6.05. The minimum Gasteiger partial charge on any atom is -0.497 e. The number of halogens is 2.